The van der Waals surface area contributed by atoms with Crippen molar-refractivity contribution in [1.29, 1.82) is 0 Å². The van der Waals surface area contributed by atoms with Crippen molar-refractivity contribution in [2.24, 2.45) is 5.92 Å². The zero-order chi connectivity index (χ0) is 18.9. The molecule has 2 amide bonds. The second-order valence-corrected chi connectivity index (χ2v) is 7.69. The van der Waals surface area contributed by atoms with Crippen molar-refractivity contribution in [3.63, 3.8) is 0 Å². The third-order valence-corrected chi connectivity index (χ3v) is 4.22. The number of ether oxygens (including phenoxy) is 1. The molecule has 0 aliphatic heterocycles. The number of hydrogen-bond donors (Lipinski definition) is 3. The van der Waals surface area contributed by atoms with Gasteiger partial charge in [-0.3, -0.25) is 9.59 Å². The minimum Gasteiger partial charge on any atom is -0.480 e. The summed E-state index contributed by atoms with van der Waals surface area (Å²) in [4.78, 5) is 35.0. The molecule has 1 atom stereocenters. The van der Waals surface area contributed by atoms with Crippen molar-refractivity contribution in [2.75, 3.05) is 13.2 Å². The number of rotatable bonds is 9. The Hall–Kier alpha value is -1.63. The lowest BCUT2D eigenvalue weighted by molar-refractivity contribution is -0.142. The van der Waals surface area contributed by atoms with E-state index in [0.717, 1.165) is 25.7 Å². The summed E-state index contributed by atoms with van der Waals surface area (Å²) >= 11 is 0. The van der Waals surface area contributed by atoms with Crippen molar-refractivity contribution in [2.45, 2.75) is 77.4 Å². The maximum atomic E-state index is 11.9. The van der Waals surface area contributed by atoms with E-state index in [1.807, 2.05) is 20.8 Å². The molecule has 0 aromatic carbocycles. The summed E-state index contributed by atoms with van der Waals surface area (Å²) < 4.78 is 5.49. The summed E-state index contributed by atoms with van der Waals surface area (Å²) in [5.41, 5.74) is -0.361. The minimum absolute atomic E-state index is 0.148. The van der Waals surface area contributed by atoms with Crippen molar-refractivity contribution in [1.82, 2.24) is 10.6 Å². The Kier molecular flexibility index (Phi) is 8.89. The first-order chi connectivity index (χ1) is 11.7. The number of carbonyl (C=O) groups excluding carboxylic acids is 2. The molecule has 0 heterocycles. The monoisotopic (exact) mass is 356 g/mol. The van der Waals surface area contributed by atoms with E-state index in [9.17, 15) is 19.5 Å². The van der Waals surface area contributed by atoms with Gasteiger partial charge in [0.2, 0.25) is 11.8 Å². The predicted molar refractivity (Wildman–Crippen MR) is 94.1 cm³/mol. The van der Waals surface area contributed by atoms with Crippen LogP contribution in [0.25, 0.3) is 0 Å². The van der Waals surface area contributed by atoms with Crippen LogP contribution in [-0.4, -0.2) is 47.7 Å². The van der Waals surface area contributed by atoms with Gasteiger partial charge in [-0.25, -0.2) is 4.79 Å². The summed E-state index contributed by atoms with van der Waals surface area (Å²) in [6.45, 7) is 5.67. The summed E-state index contributed by atoms with van der Waals surface area (Å²) in [7, 11) is 0. The van der Waals surface area contributed by atoms with Gasteiger partial charge in [0.25, 0.3) is 0 Å². The lowest BCUT2D eigenvalue weighted by Gasteiger charge is -2.22. The highest BCUT2D eigenvalue weighted by Crippen LogP contribution is 2.25. The van der Waals surface area contributed by atoms with E-state index in [1.54, 1.807) is 0 Å². The highest BCUT2D eigenvalue weighted by atomic mass is 16.5. The SMILES string of the molecule is CC(C)(C)OCCC(NC(=O)CNC(=O)CC1CCCCC1)C(=O)O. The second kappa shape index (κ2) is 10.4. The Morgan fingerprint density at radius 1 is 1.12 bits per heavy atom. The molecule has 1 fully saturated rings. The average molecular weight is 356 g/mol. The maximum absolute atomic E-state index is 11.9. The fourth-order valence-electron chi connectivity index (χ4n) is 2.89. The first-order valence-corrected chi connectivity index (χ1v) is 9.10. The van der Waals surface area contributed by atoms with Crippen LogP contribution >= 0.6 is 0 Å². The fourth-order valence-corrected chi connectivity index (χ4v) is 2.89. The zero-order valence-electron chi connectivity index (χ0n) is 15.6. The molecule has 0 aromatic heterocycles. The van der Waals surface area contributed by atoms with Crippen LogP contribution in [0.15, 0.2) is 0 Å². The van der Waals surface area contributed by atoms with E-state index < -0.39 is 17.9 Å². The first kappa shape index (κ1) is 21.4. The van der Waals surface area contributed by atoms with Crippen LogP contribution in [0.5, 0.6) is 0 Å². The highest BCUT2D eigenvalue weighted by molar-refractivity contribution is 5.87. The van der Waals surface area contributed by atoms with Crippen molar-refractivity contribution in [3.8, 4) is 0 Å². The number of carboxylic acid groups (broad SMARTS) is 1. The maximum Gasteiger partial charge on any atom is 0.326 e. The molecule has 0 spiro atoms. The van der Waals surface area contributed by atoms with Gasteiger partial charge in [-0.2, -0.15) is 0 Å². The summed E-state index contributed by atoms with van der Waals surface area (Å²) in [6.07, 6.45) is 6.30. The molecule has 0 aromatic rings. The standard InChI is InChI=1S/C18H32N2O5/c1-18(2,3)25-10-9-14(17(23)24)20-16(22)12-19-15(21)11-13-7-5-4-6-8-13/h13-14H,4-12H2,1-3H3,(H,19,21)(H,20,22)(H,23,24). The van der Waals surface area contributed by atoms with E-state index in [1.165, 1.54) is 6.42 Å². The Balaban J connectivity index is 2.29. The van der Waals surface area contributed by atoms with E-state index in [4.69, 9.17) is 4.74 Å². The van der Waals surface area contributed by atoms with Crippen molar-refractivity contribution in [3.05, 3.63) is 0 Å². The number of carboxylic acids is 1. The molecule has 7 nitrogen and oxygen atoms in total. The van der Waals surface area contributed by atoms with Gasteiger partial charge in [0.1, 0.15) is 6.04 Å². The van der Waals surface area contributed by atoms with Gasteiger partial charge in [-0.05, 0) is 39.5 Å². The molecule has 1 aliphatic rings. The molecule has 0 radical (unpaired) electrons. The zero-order valence-corrected chi connectivity index (χ0v) is 15.6. The molecule has 7 heteroatoms. The van der Waals surface area contributed by atoms with Gasteiger partial charge in [-0.15, -0.1) is 0 Å². The molecule has 144 valence electrons. The van der Waals surface area contributed by atoms with E-state index in [0.29, 0.717) is 12.3 Å². The van der Waals surface area contributed by atoms with Crippen LogP contribution in [0.4, 0.5) is 0 Å². The van der Waals surface area contributed by atoms with Crippen LogP contribution < -0.4 is 10.6 Å². The predicted octanol–water partition coefficient (Wildman–Crippen LogP) is 1.85. The molecule has 3 N–H and O–H groups in total. The van der Waals surface area contributed by atoms with Crippen LogP contribution in [0.2, 0.25) is 0 Å². The Labute approximate surface area is 149 Å². The average Bonchev–Trinajstić information content (AvgIpc) is 2.51. The van der Waals surface area contributed by atoms with Gasteiger partial charge in [-0.1, -0.05) is 19.3 Å². The Morgan fingerprint density at radius 2 is 1.76 bits per heavy atom. The van der Waals surface area contributed by atoms with Gasteiger partial charge in [0, 0.05) is 19.4 Å². The summed E-state index contributed by atoms with van der Waals surface area (Å²) in [6, 6.07) is -1.02. The molecule has 1 aliphatic carbocycles. The lowest BCUT2D eigenvalue weighted by Crippen LogP contribution is -2.46. The molecule has 0 saturated heterocycles. The minimum atomic E-state index is -1.11. The van der Waals surface area contributed by atoms with E-state index >= 15 is 0 Å². The normalized spacial score (nSPS) is 16.9. The molecule has 1 saturated carbocycles. The molecule has 1 unspecified atom stereocenters. The number of aliphatic carboxylic acids is 1. The number of hydrogen-bond acceptors (Lipinski definition) is 4. The van der Waals surface area contributed by atoms with Gasteiger partial charge < -0.3 is 20.5 Å². The third-order valence-electron chi connectivity index (χ3n) is 4.22. The van der Waals surface area contributed by atoms with Crippen molar-refractivity contribution < 1.29 is 24.2 Å². The van der Waals surface area contributed by atoms with E-state index in [-0.39, 0.29) is 31.1 Å². The highest BCUT2D eigenvalue weighted by Gasteiger charge is 2.22. The van der Waals surface area contributed by atoms with Gasteiger partial charge in [0.05, 0.1) is 12.1 Å². The summed E-state index contributed by atoms with van der Waals surface area (Å²) in [5, 5.41) is 14.2. The molecular formula is C18H32N2O5. The Bertz CT molecular complexity index is 453. The van der Waals surface area contributed by atoms with Gasteiger partial charge >= 0.3 is 5.97 Å². The van der Waals surface area contributed by atoms with E-state index in [2.05, 4.69) is 10.6 Å². The van der Waals surface area contributed by atoms with Crippen LogP contribution in [0.1, 0.15) is 65.7 Å². The number of carbonyl (C=O) groups is 3. The third kappa shape index (κ3) is 10.1. The molecule has 1 rings (SSSR count). The second-order valence-electron chi connectivity index (χ2n) is 7.69. The van der Waals surface area contributed by atoms with Gasteiger partial charge in [0.15, 0.2) is 0 Å². The largest absolute Gasteiger partial charge is 0.480 e. The lowest BCUT2D eigenvalue weighted by atomic mass is 9.87. The van der Waals surface area contributed by atoms with Crippen LogP contribution in [0, 0.1) is 5.92 Å². The quantitative estimate of drug-likeness (QED) is 0.585. The number of amides is 2. The smallest absolute Gasteiger partial charge is 0.326 e. The molecular weight excluding hydrogens is 324 g/mol. The first-order valence-electron chi connectivity index (χ1n) is 9.10. The van der Waals surface area contributed by atoms with Crippen LogP contribution in [0.3, 0.4) is 0 Å². The van der Waals surface area contributed by atoms with Crippen molar-refractivity contribution >= 4 is 17.8 Å². The Morgan fingerprint density at radius 3 is 2.32 bits per heavy atom. The molecule has 25 heavy (non-hydrogen) atoms. The summed E-state index contributed by atoms with van der Waals surface area (Å²) in [5.74, 6) is -1.36. The topological polar surface area (TPSA) is 105 Å². The number of nitrogens with one attached hydrogen (secondary N) is 2. The van der Waals surface area contributed by atoms with Crippen LogP contribution in [-0.2, 0) is 19.1 Å². The fraction of sp³-hybridized carbons (Fsp3) is 0.833. The molecule has 0 bridgehead atoms.